The zero-order chi connectivity index (χ0) is 14.7. The van der Waals surface area contributed by atoms with E-state index >= 15 is 0 Å². The van der Waals surface area contributed by atoms with Gasteiger partial charge < -0.3 is 0 Å². The van der Waals surface area contributed by atoms with E-state index in [2.05, 4.69) is 10.1 Å². The molecular formula is C15H20N4O. The highest BCUT2D eigenvalue weighted by Crippen LogP contribution is 2.27. The molecule has 1 amide bonds. The molecular weight excluding hydrogens is 252 g/mol. The van der Waals surface area contributed by atoms with Crippen molar-refractivity contribution in [2.24, 2.45) is 13.0 Å². The third-order valence-corrected chi connectivity index (χ3v) is 3.35. The van der Waals surface area contributed by atoms with Crippen molar-refractivity contribution in [3.8, 4) is 0 Å². The maximum atomic E-state index is 12.7. The van der Waals surface area contributed by atoms with Crippen LogP contribution in [0.15, 0.2) is 36.8 Å². The Morgan fingerprint density at radius 2 is 2.10 bits per heavy atom. The second-order valence-electron chi connectivity index (χ2n) is 5.25. The summed E-state index contributed by atoms with van der Waals surface area (Å²) in [5.74, 6) is 0.673. The second kappa shape index (κ2) is 5.86. The summed E-state index contributed by atoms with van der Waals surface area (Å²) in [7, 11) is 3.60. The van der Waals surface area contributed by atoms with Gasteiger partial charge in [-0.05, 0) is 17.5 Å². The van der Waals surface area contributed by atoms with Gasteiger partial charge in [-0.3, -0.25) is 19.4 Å². The first kappa shape index (κ1) is 14.2. The standard InChI is InChI=1S/C15H20N4O/c1-11(2)14(12-6-5-8-16-10-12)15(20)19(4)13-7-9-18(3)17-13/h5-11,14H,1-4H3. The number of aryl methyl sites for hydroxylation is 1. The van der Waals surface area contributed by atoms with Gasteiger partial charge in [0.2, 0.25) is 5.91 Å². The molecule has 0 spiro atoms. The average molecular weight is 272 g/mol. The van der Waals surface area contributed by atoms with Crippen LogP contribution < -0.4 is 4.90 Å². The summed E-state index contributed by atoms with van der Waals surface area (Å²) in [4.78, 5) is 18.5. The Kier molecular flexibility index (Phi) is 4.17. The quantitative estimate of drug-likeness (QED) is 0.857. The SMILES string of the molecule is CC(C)C(C(=O)N(C)c1ccn(C)n1)c1cccnc1. The number of hydrogen-bond donors (Lipinski definition) is 0. The van der Waals surface area contributed by atoms with E-state index in [0.29, 0.717) is 5.82 Å². The van der Waals surface area contributed by atoms with Gasteiger partial charge in [0.15, 0.2) is 5.82 Å². The molecule has 0 saturated heterocycles. The summed E-state index contributed by atoms with van der Waals surface area (Å²) in [5.41, 5.74) is 0.940. The Morgan fingerprint density at radius 3 is 2.60 bits per heavy atom. The number of anilines is 1. The summed E-state index contributed by atoms with van der Waals surface area (Å²) in [6.07, 6.45) is 5.30. The van der Waals surface area contributed by atoms with Crippen molar-refractivity contribution in [3.05, 3.63) is 42.4 Å². The van der Waals surface area contributed by atoms with Gasteiger partial charge >= 0.3 is 0 Å². The molecule has 0 fully saturated rings. The zero-order valence-corrected chi connectivity index (χ0v) is 12.3. The van der Waals surface area contributed by atoms with Crippen LogP contribution in [0.4, 0.5) is 5.82 Å². The van der Waals surface area contributed by atoms with Crippen LogP contribution in [0.1, 0.15) is 25.3 Å². The van der Waals surface area contributed by atoms with Crippen LogP contribution in [-0.4, -0.2) is 27.7 Å². The number of likely N-dealkylation sites (N-methyl/N-ethyl adjacent to an activating group) is 1. The molecule has 2 aromatic rings. The van der Waals surface area contributed by atoms with Crippen LogP contribution in [0.2, 0.25) is 0 Å². The van der Waals surface area contributed by atoms with Crippen molar-refractivity contribution in [1.82, 2.24) is 14.8 Å². The van der Waals surface area contributed by atoms with Crippen molar-refractivity contribution in [2.45, 2.75) is 19.8 Å². The fraction of sp³-hybridized carbons (Fsp3) is 0.400. The molecule has 0 N–H and O–H groups in total. The minimum atomic E-state index is -0.212. The highest BCUT2D eigenvalue weighted by Gasteiger charge is 2.28. The van der Waals surface area contributed by atoms with Gasteiger partial charge in [-0.2, -0.15) is 5.10 Å². The van der Waals surface area contributed by atoms with Crippen LogP contribution in [-0.2, 0) is 11.8 Å². The normalized spacial score (nSPS) is 12.4. The summed E-state index contributed by atoms with van der Waals surface area (Å²) in [6, 6.07) is 5.64. The monoisotopic (exact) mass is 272 g/mol. The number of amides is 1. The Bertz CT molecular complexity index is 577. The van der Waals surface area contributed by atoms with E-state index in [-0.39, 0.29) is 17.7 Å². The number of carbonyl (C=O) groups excluding carboxylic acids is 1. The largest absolute Gasteiger partial charge is 0.298 e. The minimum Gasteiger partial charge on any atom is -0.298 e. The zero-order valence-electron chi connectivity index (χ0n) is 12.3. The molecule has 20 heavy (non-hydrogen) atoms. The van der Waals surface area contributed by atoms with E-state index in [9.17, 15) is 4.79 Å². The molecule has 0 aromatic carbocycles. The number of rotatable bonds is 4. The Labute approximate surface area is 119 Å². The summed E-state index contributed by atoms with van der Waals surface area (Å²) in [6.45, 7) is 4.09. The number of nitrogens with zero attached hydrogens (tertiary/aromatic N) is 4. The maximum absolute atomic E-state index is 12.7. The number of hydrogen-bond acceptors (Lipinski definition) is 3. The summed E-state index contributed by atoms with van der Waals surface area (Å²) < 4.78 is 1.69. The molecule has 0 bridgehead atoms. The van der Waals surface area contributed by atoms with Crippen LogP contribution in [0, 0.1) is 5.92 Å². The molecule has 2 aromatic heterocycles. The molecule has 0 radical (unpaired) electrons. The van der Waals surface area contributed by atoms with Crippen molar-refractivity contribution in [1.29, 1.82) is 0 Å². The predicted octanol–water partition coefficient (Wildman–Crippen LogP) is 2.22. The molecule has 1 atom stereocenters. The number of carbonyl (C=O) groups is 1. The highest BCUT2D eigenvalue weighted by molar-refractivity contribution is 5.97. The minimum absolute atomic E-state index is 0.0340. The van der Waals surface area contributed by atoms with Gasteiger partial charge in [-0.15, -0.1) is 0 Å². The first-order chi connectivity index (χ1) is 9.50. The van der Waals surface area contributed by atoms with Gasteiger partial charge in [-0.1, -0.05) is 19.9 Å². The first-order valence-electron chi connectivity index (χ1n) is 6.68. The van der Waals surface area contributed by atoms with Gasteiger partial charge in [0.25, 0.3) is 0 Å². The lowest BCUT2D eigenvalue weighted by atomic mass is 9.88. The Hall–Kier alpha value is -2.17. The third-order valence-electron chi connectivity index (χ3n) is 3.35. The molecule has 0 aliphatic carbocycles. The fourth-order valence-corrected chi connectivity index (χ4v) is 2.28. The lowest BCUT2D eigenvalue weighted by Crippen LogP contribution is -2.34. The Morgan fingerprint density at radius 1 is 1.35 bits per heavy atom. The van der Waals surface area contributed by atoms with Crippen LogP contribution >= 0.6 is 0 Å². The molecule has 2 rings (SSSR count). The summed E-state index contributed by atoms with van der Waals surface area (Å²) in [5, 5.41) is 4.27. The van der Waals surface area contributed by atoms with E-state index in [1.165, 1.54) is 0 Å². The molecule has 106 valence electrons. The molecule has 0 aliphatic rings. The average Bonchev–Trinajstić information content (AvgIpc) is 2.85. The van der Waals surface area contributed by atoms with E-state index in [1.54, 1.807) is 29.0 Å². The van der Waals surface area contributed by atoms with E-state index in [0.717, 1.165) is 5.56 Å². The smallest absolute Gasteiger partial charge is 0.235 e. The van der Waals surface area contributed by atoms with Crippen LogP contribution in [0.3, 0.4) is 0 Å². The van der Waals surface area contributed by atoms with Crippen molar-refractivity contribution in [3.63, 3.8) is 0 Å². The molecule has 0 aliphatic heterocycles. The molecule has 5 heteroatoms. The summed E-state index contributed by atoms with van der Waals surface area (Å²) >= 11 is 0. The lowest BCUT2D eigenvalue weighted by molar-refractivity contribution is -0.120. The maximum Gasteiger partial charge on any atom is 0.235 e. The number of aromatic nitrogens is 3. The third kappa shape index (κ3) is 2.87. The van der Waals surface area contributed by atoms with Crippen LogP contribution in [0.5, 0.6) is 0 Å². The topological polar surface area (TPSA) is 51.0 Å². The van der Waals surface area contributed by atoms with Crippen molar-refractivity contribution in [2.75, 3.05) is 11.9 Å². The molecule has 1 unspecified atom stereocenters. The molecule has 5 nitrogen and oxygen atoms in total. The van der Waals surface area contributed by atoms with E-state index in [4.69, 9.17) is 0 Å². The van der Waals surface area contributed by atoms with Gasteiger partial charge in [0.1, 0.15) is 0 Å². The molecule has 2 heterocycles. The van der Waals surface area contributed by atoms with Gasteiger partial charge in [-0.25, -0.2) is 0 Å². The molecule has 0 saturated carbocycles. The van der Waals surface area contributed by atoms with Gasteiger partial charge in [0.05, 0.1) is 5.92 Å². The van der Waals surface area contributed by atoms with Gasteiger partial charge in [0, 0.05) is 38.8 Å². The van der Waals surface area contributed by atoms with E-state index < -0.39 is 0 Å². The second-order valence-corrected chi connectivity index (χ2v) is 5.25. The predicted molar refractivity (Wildman–Crippen MR) is 78.4 cm³/mol. The number of pyridine rings is 1. The first-order valence-corrected chi connectivity index (χ1v) is 6.68. The highest BCUT2D eigenvalue weighted by atomic mass is 16.2. The van der Waals surface area contributed by atoms with Crippen LogP contribution in [0.25, 0.3) is 0 Å². The van der Waals surface area contributed by atoms with Crippen molar-refractivity contribution < 1.29 is 4.79 Å². The van der Waals surface area contributed by atoms with Crippen molar-refractivity contribution >= 4 is 11.7 Å². The lowest BCUT2D eigenvalue weighted by Gasteiger charge is -2.25. The Balaban J connectivity index is 2.28. The van der Waals surface area contributed by atoms with E-state index in [1.807, 2.05) is 45.3 Å². The fourth-order valence-electron chi connectivity index (χ4n) is 2.28.